The first-order chi connectivity index (χ1) is 6.74. The van der Waals surface area contributed by atoms with Crippen molar-refractivity contribution in [3.63, 3.8) is 0 Å². The van der Waals surface area contributed by atoms with Crippen molar-refractivity contribution in [3.05, 3.63) is 29.3 Å². The van der Waals surface area contributed by atoms with E-state index in [1.54, 1.807) is 0 Å². The maximum Gasteiger partial charge on any atom is 0.0185 e. The Hall–Kier alpha value is -0.0800. The van der Waals surface area contributed by atoms with Gasteiger partial charge in [0.2, 0.25) is 0 Å². The summed E-state index contributed by atoms with van der Waals surface area (Å²) in [5.41, 5.74) is 2.78. The molecule has 0 N–H and O–H groups in total. The lowest BCUT2D eigenvalue weighted by Crippen LogP contribution is -1.80. The molecule has 0 spiro atoms. The van der Waals surface area contributed by atoms with Crippen molar-refractivity contribution in [2.45, 2.75) is 38.5 Å². The van der Waals surface area contributed by atoms with E-state index in [0.717, 1.165) is 0 Å². The molecule has 1 aromatic rings. The molecule has 0 saturated carbocycles. The van der Waals surface area contributed by atoms with Gasteiger partial charge in [-0.2, -0.15) is 0 Å². The second-order valence-electron chi connectivity index (χ2n) is 3.50. The molecule has 1 rings (SSSR count). The Morgan fingerprint density at radius 3 is 2.57 bits per heavy atom. The monoisotopic (exact) mass is 226 g/mol. The number of rotatable bonds is 5. The summed E-state index contributed by atoms with van der Waals surface area (Å²) < 4.78 is 0. The van der Waals surface area contributed by atoms with Crippen molar-refractivity contribution < 1.29 is 0 Å². The molecule has 14 heavy (non-hydrogen) atoms. The van der Waals surface area contributed by atoms with Gasteiger partial charge in [-0.3, -0.25) is 0 Å². The molecule has 0 amide bonds. The van der Waals surface area contributed by atoms with Crippen LogP contribution in [-0.4, -0.2) is 5.75 Å². The maximum absolute atomic E-state index is 2.28. The first kappa shape index (κ1) is 12.0. The summed E-state index contributed by atoms with van der Waals surface area (Å²) in [4.78, 5) is 1.38. The summed E-state index contributed by atoms with van der Waals surface area (Å²) in [5.74, 6) is 1.26. The maximum atomic E-state index is 2.28. The second-order valence-corrected chi connectivity index (χ2v) is 5.99. The minimum atomic E-state index is 1.26. The molecular formula is C12H18S2. The molecule has 0 unspecified atom stereocenters. The summed E-state index contributed by atoms with van der Waals surface area (Å²) in [7, 11) is 3.86. The smallest absolute Gasteiger partial charge is 0.0185 e. The van der Waals surface area contributed by atoms with Gasteiger partial charge in [-0.1, -0.05) is 41.0 Å². The highest BCUT2D eigenvalue weighted by molar-refractivity contribution is 8.76. The van der Waals surface area contributed by atoms with Crippen LogP contribution in [0.5, 0.6) is 0 Å². The van der Waals surface area contributed by atoms with Crippen LogP contribution in [0.25, 0.3) is 0 Å². The Morgan fingerprint density at radius 2 is 1.93 bits per heavy atom. The van der Waals surface area contributed by atoms with Crippen LogP contribution >= 0.6 is 21.6 Å². The quantitative estimate of drug-likeness (QED) is 0.520. The topological polar surface area (TPSA) is 0 Å². The van der Waals surface area contributed by atoms with Crippen LogP contribution in [0.1, 0.15) is 30.9 Å². The molecule has 78 valence electrons. The van der Waals surface area contributed by atoms with Gasteiger partial charge in [-0.15, -0.1) is 0 Å². The van der Waals surface area contributed by atoms with Gasteiger partial charge in [0.1, 0.15) is 0 Å². The van der Waals surface area contributed by atoms with Crippen LogP contribution in [-0.2, 0) is 0 Å². The third-order valence-electron chi connectivity index (χ3n) is 2.21. The van der Waals surface area contributed by atoms with E-state index in [1.807, 2.05) is 21.6 Å². The predicted molar refractivity (Wildman–Crippen MR) is 69.1 cm³/mol. The Morgan fingerprint density at radius 1 is 1.14 bits per heavy atom. The summed E-state index contributed by atoms with van der Waals surface area (Å²) in [5, 5.41) is 0. The van der Waals surface area contributed by atoms with Crippen molar-refractivity contribution in [1.82, 2.24) is 0 Å². The van der Waals surface area contributed by atoms with E-state index in [1.165, 1.54) is 34.6 Å². The Bertz CT molecular complexity index is 282. The standard InChI is InChI=1S/C12H18S2/c1-4-5-8-13-14-12-7-6-10(2)11(3)9-12/h6-7,9H,4-5,8H2,1-3H3. The lowest BCUT2D eigenvalue weighted by Gasteiger charge is -2.03. The van der Waals surface area contributed by atoms with E-state index in [-0.39, 0.29) is 0 Å². The summed E-state index contributed by atoms with van der Waals surface area (Å²) in [6, 6.07) is 6.70. The van der Waals surface area contributed by atoms with Crippen LogP contribution < -0.4 is 0 Å². The van der Waals surface area contributed by atoms with E-state index in [2.05, 4.69) is 39.0 Å². The highest BCUT2D eigenvalue weighted by atomic mass is 33.1. The molecule has 0 heterocycles. The van der Waals surface area contributed by atoms with Gasteiger partial charge in [0, 0.05) is 10.6 Å². The fraction of sp³-hybridized carbons (Fsp3) is 0.500. The molecule has 0 aliphatic rings. The zero-order chi connectivity index (χ0) is 10.4. The number of aryl methyl sites for hydroxylation is 2. The van der Waals surface area contributed by atoms with Crippen LogP contribution in [0, 0.1) is 13.8 Å². The molecule has 0 saturated heterocycles. The van der Waals surface area contributed by atoms with Gasteiger partial charge >= 0.3 is 0 Å². The molecule has 1 aromatic carbocycles. The van der Waals surface area contributed by atoms with Crippen molar-refractivity contribution in [1.29, 1.82) is 0 Å². The highest BCUT2D eigenvalue weighted by Gasteiger charge is 1.97. The molecule has 0 nitrogen and oxygen atoms in total. The van der Waals surface area contributed by atoms with Gasteiger partial charge in [-0.25, -0.2) is 0 Å². The molecule has 0 fully saturated rings. The number of hydrogen-bond acceptors (Lipinski definition) is 2. The van der Waals surface area contributed by atoms with E-state index < -0.39 is 0 Å². The highest BCUT2D eigenvalue weighted by Crippen LogP contribution is 2.32. The first-order valence-electron chi connectivity index (χ1n) is 5.10. The third-order valence-corrected chi connectivity index (χ3v) is 4.67. The van der Waals surface area contributed by atoms with Gasteiger partial charge in [-0.05, 0) is 43.5 Å². The largest absolute Gasteiger partial charge is 0.0889 e. The molecule has 0 aliphatic carbocycles. The first-order valence-corrected chi connectivity index (χ1v) is 7.42. The van der Waals surface area contributed by atoms with E-state index >= 15 is 0 Å². The zero-order valence-corrected chi connectivity index (χ0v) is 10.8. The van der Waals surface area contributed by atoms with Crippen molar-refractivity contribution in [3.8, 4) is 0 Å². The average Bonchev–Trinajstić information content (AvgIpc) is 2.18. The fourth-order valence-electron chi connectivity index (χ4n) is 1.08. The van der Waals surface area contributed by atoms with Crippen molar-refractivity contribution in [2.75, 3.05) is 5.75 Å². The normalized spacial score (nSPS) is 10.5. The van der Waals surface area contributed by atoms with E-state index in [9.17, 15) is 0 Å². The predicted octanol–water partition coefficient (Wildman–Crippen LogP) is 4.84. The fourth-order valence-corrected chi connectivity index (χ4v) is 3.38. The lowest BCUT2D eigenvalue weighted by molar-refractivity contribution is 0.898. The SMILES string of the molecule is CCCCSSc1ccc(C)c(C)c1. The lowest BCUT2D eigenvalue weighted by atomic mass is 10.1. The molecule has 0 atom stereocenters. The average molecular weight is 226 g/mol. The minimum absolute atomic E-state index is 1.26. The van der Waals surface area contributed by atoms with Crippen LogP contribution in [0.3, 0.4) is 0 Å². The Balaban J connectivity index is 2.39. The van der Waals surface area contributed by atoms with Crippen molar-refractivity contribution in [2.24, 2.45) is 0 Å². The summed E-state index contributed by atoms with van der Waals surface area (Å²) in [6.07, 6.45) is 2.61. The van der Waals surface area contributed by atoms with Gasteiger partial charge in [0.25, 0.3) is 0 Å². The minimum Gasteiger partial charge on any atom is -0.0889 e. The second kappa shape index (κ2) is 6.41. The molecule has 0 radical (unpaired) electrons. The van der Waals surface area contributed by atoms with Gasteiger partial charge in [0.05, 0.1) is 0 Å². The van der Waals surface area contributed by atoms with Crippen LogP contribution in [0.4, 0.5) is 0 Å². The Kier molecular flexibility index (Phi) is 5.49. The zero-order valence-electron chi connectivity index (χ0n) is 9.17. The molecule has 0 aliphatic heterocycles. The summed E-state index contributed by atoms with van der Waals surface area (Å²) in [6.45, 7) is 6.57. The summed E-state index contributed by atoms with van der Waals surface area (Å²) >= 11 is 0. The van der Waals surface area contributed by atoms with Crippen LogP contribution in [0.15, 0.2) is 23.1 Å². The number of unbranched alkanes of at least 4 members (excludes halogenated alkanes) is 1. The number of benzene rings is 1. The Labute approximate surface area is 95.3 Å². The third kappa shape index (κ3) is 3.97. The molecule has 2 heteroatoms. The van der Waals surface area contributed by atoms with Crippen LogP contribution in [0.2, 0.25) is 0 Å². The molecule has 0 bridgehead atoms. The van der Waals surface area contributed by atoms with Crippen molar-refractivity contribution >= 4 is 21.6 Å². The van der Waals surface area contributed by atoms with E-state index in [0.29, 0.717) is 0 Å². The van der Waals surface area contributed by atoms with Gasteiger partial charge in [0.15, 0.2) is 0 Å². The number of hydrogen-bond donors (Lipinski definition) is 0. The molecule has 0 aromatic heterocycles. The van der Waals surface area contributed by atoms with Gasteiger partial charge < -0.3 is 0 Å². The van der Waals surface area contributed by atoms with E-state index in [4.69, 9.17) is 0 Å². The molecular weight excluding hydrogens is 208 g/mol.